The number of anilines is 1. The molecule has 1 atom stereocenters. The molecule has 0 aromatic heterocycles. The zero-order valence-electron chi connectivity index (χ0n) is 19.9. The van der Waals surface area contributed by atoms with Gasteiger partial charge in [0, 0.05) is 31.4 Å². The highest BCUT2D eigenvalue weighted by Crippen LogP contribution is 2.39. The molecule has 0 aliphatic carbocycles. The molecule has 3 fully saturated rings. The number of amides is 1. The molecule has 3 aliphatic heterocycles. The van der Waals surface area contributed by atoms with Crippen LogP contribution in [0.2, 0.25) is 0 Å². The van der Waals surface area contributed by atoms with Crippen molar-refractivity contribution in [3.63, 3.8) is 0 Å². The number of carbonyl (C=O) groups is 1. The van der Waals surface area contributed by atoms with Crippen LogP contribution in [-0.4, -0.2) is 36.4 Å². The maximum absolute atomic E-state index is 13.6. The first-order valence-electron chi connectivity index (χ1n) is 12.7. The Bertz CT molecular complexity index is 1050. The van der Waals surface area contributed by atoms with Gasteiger partial charge in [0.25, 0.3) is 0 Å². The molecular weight excluding hydrogens is 420 g/mol. The zero-order valence-corrected chi connectivity index (χ0v) is 19.9. The van der Waals surface area contributed by atoms with E-state index >= 15 is 0 Å². The first-order chi connectivity index (χ1) is 16.7. The Morgan fingerprint density at radius 3 is 2.06 bits per heavy atom. The van der Waals surface area contributed by atoms with Crippen LogP contribution in [0.1, 0.15) is 36.8 Å². The summed E-state index contributed by atoms with van der Waals surface area (Å²) in [6.45, 7) is 3.83. The van der Waals surface area contributed by atoms with Crippen molar-refractivity contribution in [2.75, 3.05) is 24.5 Å². The Hall–Kier alpha value is -3.11. The van der Waals surface area contributed by atoms with Crippen LogP contribution in [0.4, 0.5) is 10.5 Å². The van der Waals surface area contributed by atoms with E-state index in [1.165, 1.54) is 18.4 Å². The number of para-hydroxylation sites is 1. The van der Waals surface area contributed by atoms with E-state index in [1.807, 2.05) is 48.5 Å². The van der Waals surface area contributed by atoms with Crippen LogP contribution in [0, 0.1) is 5.92 Å². The van der Waals surface area contributed by atoms with Gasteiger partial charge >= 0.3 is 6.09 Å². The van der Waals surface area contributed by atoms with Gasteiger partial charge in [0.15, 0.2) is 0 Å². The van der Waals surface area contributed by atoms with E-state index in [-0.39, 0.29) is 12.3 Å². The molecule has 1 amide bonds. The number of piperidine rings is 3. The third-order valence-electron chi connectivity index (χ3n) is 7.73. The summed E-state index contributed by atoms with van der Waals surface area (Å²) in [5.41, 5.74) is 3.36. The van der Waals surface area contributed by atoms with Gasteiger partial charge in [-0.1, -0.05) is 78.9 Å². The highest BCUT2D eigenvalue weighted by atomic mass is 16.6. The second-order valence-electron chi connectivity index (χ2n) is 9.90. The normalized spacial score (nSPS) is 23.4. The van der Waals surface area contributed by atoms with Crippen molar-refractivity contribution in [3.8, 4) is 0 Å². The lowest BCUT2D eigenvalue weighted by Gasteiger charge is -2.53. The number of rotatable bonds is 8. The summed E-state index contributed by atoms with van der Waals surface area (Å²) >= 11 is 0. The van der Waals surface area contributed by atoms with Gasteiger partial charge in [0.2, 0.25) is 6.23 Å². The van der Waals surface area contributed by atoms with Crippen LogP contribution < -0.4 is 4.90 Å². The molecule has 0 radical (unpaired) electrons. The summed E-state index contributed by atoms with van der Waals surface area (Å²) in [5, 5.41) is 0. The monoisotopic (exact) mass is 455 g/mol. The third-order valence-corrected chi connectivity index (χ3v) is 7.73. The van der Waals surface area contributed by atoms with Crippen molar-refractivity contribution >= 4 is 11.8 Å². The van der Waals surface area contributed by atoms with Gasteiger partial charge in [-0.3, -0.25) is 9.38 Å². The quantitative estimate of drug-likeness (QED) is 0.367. The molecule has 0 spiro atoms. The largest absolute Gasteiger partial charge is 0.419 e. The first kappa shape index (κ1) is 22.7. The lowest BCUT2D eigenvalue weighted by molar-refractivity contribution is -0.984. The van der Waals surface area contributed by atoms with Crippen molar-refractivity contribution in [1.82, 2.24) is 0 Å². The number of hydrogen-bond acceptors (Lipinski definition) is 2. The molecular formula is C30H35N2O2+. The van der Waals surface area contributed by atoms with Crippen molar-refractivity contribution < 1.29 is 14.0 Å². The number of carbonyl (C=O) groups excluding carboxylic acids is 1. The average molecular weight is 456 g/mol. The lowest BCUT2D eigenvalue weighted by atomic mass is 9.84. The van der Waals surface area contributed by atoms with Gasteiger partial charge < -0.3 is 4.74 Å². The summed E-state index contributed by atoms with van der Waals surface area (Å²) in [6.07, 6.45) is 5.43. The molecule has 3 aliphatic rings. The topological polar surface area (TPSA) is 29.5 Å². The number of aryl methyl sites for hydroxylation is 1. The van der Waals surface area contributed by atoms with Gasteiger partial charge in [0.1, 0.15) is 0 Å². The number of benzene rings is 3. The van der Waals surface area contributed by atoms with E-state index in [0.717, 1.165) is 54.6 Å². The Labute approximate surface area is 203 Å². The predicted octanol–water partition coefficient (Wildman–Crippen LogP) is 6.42. The number of ether oxygens (including phenoxy) is 1. The van der Waals surface area contributed by atoms with E-state index in [2.05, 4.69) is 42.5 Å². The molecule has 6 rings (SSSR count). The minimum Gasteiger partial charge on any atom is -0.396 e. The molecule has 4 heteroatoms. The molecule has 176 valence electrons. The molecule has 3 aromatic rings. The fourth-order valence-electron chi connectivity index (χ4n) is 5.75. The van der Waals surface area contributed by atoms with E-state index in [0.29, 0.717) is 12.5 Å². The molecule has 3 saturated heterocycles. The Kier molecular flexibility index (Phi) is 6.96. The van der Waals surface area contributed by atoms with Crippen LogP contribution in [0.15, 0.2) is 91.0 Å². The molecule has 2 bridgehead atoms. The first-order valence-corrected chi connectivity index (χ1v) is 12.7. The van der Waals surface area contributed by atoms with Crippen molar-refractivity contribution in [1.29, 1.82) is 0 Å². The van der Waals surface area contributed by atoms with Gasteiger partial charge in [-0.2, -0.15) is 0 Å². The van der Waals surface area contributed by atoms with Crippen LogP contribution in [0.3, 0.4) is 0 Å². The van der Waals surface area contributed by atoms with Crippen LogP contribution in [0.25, 0.3) is 0 Å². The Balaban J connectivity index is 1.31. The highest BCUT2D eigenvalue weighted by molar-refractivity contribution is 5.87. The van der Waals surface area contributed by atoms with Crippen LogP contribution in [0.5, 0.6) is 0 Å². The number of nitrogens with zero attached hydrogens (tertiary/aromatic N) is 2. The van der Waals surface area contributed by atoms with E-state index in [1.54, 1.807) is 4.90 Å². The average Bonchev–Trinajstić information content (AvgIpc) is 2.90. The maximum atomic E-state index is 13.6. The summed E-state index contributed by atoms with van der Waals surface area (Å²) in [6, 6.07) is 30.8. The molecule has 0 N–H and O–H groups in total. The molecule has 4 nitrogen and oxygen atoms in total. The number of quaternary nitrogens is 1. The van der Waals surface area contributed by atoms with Crippen molar-refractivity contribution in [2.45, 2.75) is 44.9 Å². The summed E-state index contributed by atoms with van der Waals surface area (Å²) < 4.78 is 7.31. The van der Waals surface area contributed by atoms with Crippen LogP contribution >= 0.6 is 0 Å². The van der Waals surface area contributed by atoms with Gasteiger partial charge in [-0.25, -0.2) is 4.79 Å². The Morgan fingerprint density at radius 2 is 1.41 bits per heavy atom. The third kappa shape index (κ3) is 5.18. The zero-order chi connectivity index (χ0) is 23.2. The van der Waals surface area contributed by atoms with Gasteiger partial charge in [-0.15, -0.1) is 0 Å². The van der Waals surface area contributed by atoms with E-state index in [4.69, 9.17) is 4.74 Å². The van der Waals surface area contributed by atoms with Gasteiger partial charge in [-0.05, 0) is 35.6 Å². The molecule has 3 heterocycles. The molecule has 34 heavy (non-hydrogen) atoms. The number of fused-ring (bicyclic) bond motifs is 3. The minimum atomic E-state index is -0.229. The Morgan fingerprint density at radius 1 is 0.824 bits per heavy atom. The van der Waals surface area contributed by atoms with Crippen molar-refractivity contribution in [2.24, 2.45) is 5.92 Å². The van der Waals surface area contributed by atoms with Crippen molar-refractivity contribution in [3.05, 3.63) is 102 Å². The fourth-order valence-corrected chi connectivity index (χ4v) is 5.75. The summed E-state index contributed by atoms with van der Waals surface area (Å²) in [7, 11) is 0. The standard InChI is InChI=1S/C30H35N2O2/c33-30(31(28-16-8-3-9-17-28)24-27-13-6-2-7-14-27)34-29-23-26-18-21-32(29,22-19-26)20-10-15-25-11-4-1-5-12-25/h1-9,11-14,16-17,26,29H,10,15,18-24H2/q+1. The van der Waals surface area contributed by atoms with E-state index in [9.17, 15) is 4.79 Å². The predicted molar refractivity (Wildman–Crippen MR) is 136 cm³/mol. The number of hydrogen-bond donors (Lipinski definition) is 0. The SMILES string of the molecule is O=C(OC1CC2CC[N+]1(CCCc1ccccc1)CC2)N(Cc1ccccc1)c1ccccc1. The molecule has 1 unspecified atom stereocenters. The summed E-state index contributed by atoms with van der Waals surface area (Å²) in [4.78, 5) is 15.4. The van der Waals surface area contributed by atoms with Gasteiger partial charge in [0.05, 0.1) is 26.2 Å². The molecule has 0 saturated carbocycles. The second kappa shape index (κ2) is 10.4. The highest BCUT2D eigenvalue weighted by Gasteiger charge is 2.49. The maximum Gasteiger partial charge on any atom is 0.419 e. The fraction of sp³-hybridized carbons (Fsp3) is 0.367. The molecule has 3 aromatic carbocycles. The summed E-state index contributed by atoms with van der Waals surface area (Å²) in [5.74, 6) is 0.686. The smallest absolute Gasteiger partial charge is 0.396 e. The van der Waals surface area contributed by atoms with Crippen LogP contribution in [-0.2, 0) is 17.7 Å². The minimum absolute atomic E-state index is 0.0437. The lowest BCUT2D eigenvalue weighted by Crippen LogP contribution is -2.66. The second-order valence-corrected chi connectivity index (χ2v) is 9.90. The van der Waals surface area contributed by atoms with E-state index < -0.39 is 0 Å².